The summed E-state index contributed by atoms with van der Waals surface area (Å²) in [6.45, 7) is 3.51. The maximum Gasteiger partial charge on any atom is 0.129 e. The highest BCUT2D eigenvalue weighted by Crippen LogP contribution is 1.85. The number of rotatable bonds is 1. The third kappa shape index (κ3) is 4.68. The lowest BCUT2D eigenvalue weighted by atomic mass is 10.6. The van der Waals surface area contributed by atoms with Crippen LogP contribution in [0.15, 0.2) is 19.0 Å². The fourth-order valence-electron chi connectivity index (χ4n) is 0.389. The summed E-state index contributed by atoms with van der Waals surface area (Å²) in [6.07, 6.45) is 5.12. The maximum absolute atomic E-state index is 3.86. The summed E-state index contributed by atoms with van der Waals surface area (Å²) in [5.41, 5.74) is 0. The van der Waals surface area contributed by atoms with Gasteiger partial charge in [0.05, 0.1) is 0 Å². The minimum atomic E-state index is 0. The number of hydrogen-bond donors (Lipinski definition) is 1. The molecule has 1 N–H and O–H groups in total. The molecule has 60 valence electrons. The van der Waals surface area contributed by atoms with Crippen molar-refractivity contribution < 1.29 is 0 Å². The van der Waals surface area contributed by atoms with Gasteiger partial charge in [0.2, 0.25) is 0 Å². The molecule has 0 radical (unpaired) electrons. The van der Waals surface area contributed by atoms with Crippen LogP contribution in [0.3, 0.4) is 0 Å². The van der Waals surface area contributed by atoms with Crippen molar-refractivity contribution in [2.24, 2.45) is 0 Å². The van der Waals surface area contributed by atoms with Crippen LogP contribution in [0.2, 0.25) is 0 Å². The first-order valence-corrected chi connectivity index (χ1v) is 2.05. The van der Waals surface area contributed by atoms with Crippen molar-refractivity contribution >= 4 is 43.3 Å². The summed E-state index contributed by atoms with van der Waals surface area (Å²) in [7, 11) is 0. The van der Waals surface area contributed by atoms with Gasteiger partial charge in [-0.2, -0.15) is 0 Å². The predicted molar refractivity (Wildman–Crippen MR) is 50.4 cm³/mol. The van der Waals surface area contributed by atoms with E-state index >= 15 is 0 Å². The highest BCUT2D eigenvalue weighted by atomic mass is 35.5. The first-order valence-electron chi connectivity index (χ1n) is 2.05. The van der Waals surface area contributed by atoms with Crippen molar-refractivity contribution in [3.8, 4) is 0 Å². The molecule has 0 saturated carbocycles. The van der Waals surface area contributed by atoms with E-state index in [-0.39, 0.29) is 37.2 Å². The fraction of sp³-hybridized carbons (Fsp3) is 0. The maximum atomic E-state index is 3.86. The van der Waals surface area contributed by atoms with Crippen LogP contribution in [0, 0.1) is 0 Å². The Hall–Kier alpha value is -0.180. The molecule has 0 atom stereocenters. The summed E-state index contributed by atoms with van der Waals surface area (Å²) >= 11 is 0. The molecule has 1 heterocycles. The number of aromatic nitrogens is 2. The molecular formula is C5H9Cl3N2. The zero-order valence-corrected chi connectivity index (χ0v) is 7.56. The molecule has 2 nitrogen and oxygen atoms in total. The molecular weight excluding hydrogens is 194 g/mol. The molecule has 1 aromatic heterocycles. The van der Waals surface area contributed by atoms with Gasteiger partial charge in [0.1, 0.15) is 5.82 Å². The van der Waals surface area contributed by atoms with Crippen molar-refractivity contribution in [3.63, 3.8) is 0 Å². The number of H-pyrrole nitrogens is 1. The number of aromatic amines is 1. The second-order valence-electron chi connectivity index (χ2n) is 1.18. The Balaban J connectivity index is -0.000000163. The van der Waals surface area contributed by atoms with Crippen LogP contribution in [0.25, 0.3) is 6.08 Å². The Bertz CT molecular complexity index is 150. The van der Waals surface area contributed by atoms with Gasteiger partial charge < -0.3 is 4.98 Å². The van der Waals surface area contributed by atoms with E-state index in [0.29, 0.717) is 0 Å². The van der Waals surface area contributed by atoms with E-state index < -0.39 is 0 Å². The number of halogens is 3. The summed E-state index contributed by atoms with van der Waals surface area (Å²) < 4.78 is 0. The first-order chi connectivity index (χ1) is 3.43. The molecule has 0 aliphatic carbocycles. The third-order valence-electron chi connectivity index (χ3n) is 0.713. The minimum Gasteiger partial charge on any atom is -0.345 e. The fourth-order valence-corrected chi connectivity index (χ4v) is 0.389. The van der Waals surface area contributed by atoms with Gasteiger partial charge in [-0.3, -0.25) is 0 Å². The SMILES string of the molecule is C=Cc1ncc[nH]1.Cl.Cl.Cl. The quantitative estimate of drug-likeness (QED) is 0.746. The average molecular weight is 204 g/mol. The van der Waals surface area contributed by atoms with E-state index in [9.17, 15) is 0 Å². The molecule has 0 aliphatic heterocycles. The third-order valence-corrected chi connectivity index (χ3v) is 0.713. The average Bonchev–Trinajstić information content (AvgIpc) is 2.14. The van der Waals surface area contributed by atoms with Crippen LogP contribution in [0.1, 0.15) is 5.82 Å². The van der Waals surface area contributed by atoms with Crippen LogP contribution in [0.5, 0.6) is 0 Å². The van der Waals surface area contributed by atoms with Gasteiger partial charge in [0.25, 0.3) is 0 Å². The highest BCUT2D eigenvalue weighted by molar-refractivity contribution is 5.86. The smallest absolute Gasteiger partial charge is 0.129 e. The van der Waals surface area contributed by atoms with Gasteiger partial charge in [-0.1, -0.05) is 6.58 Å². The Morgan fingerprint density at radius 3 is 2.20 bits per heavy atom. The van der Waals surface area contributed by atoms with Crippen LogP contribution in [-0.4, -0.2) is 9.97 Å². The van der Waals surface area contributed by atoms with Gasteiger partial charge in [0.15, 0.2) is 0 Å². The standard InChI is InChI=1S/C5H6N2.3ClH/c1-2-5-6-3-4-7-5;;;/h2-4H,1H2,(H,6,7);3*1H. The van der Waals surface area contributed by atoms with E-state index in [4.69, 9.17) is 0 Å². The van der Waals surface area contributed by atoms with Crippen molar-refractivity contribution in [2.75, 3.05) is 0 Å². The number of hydrogen-bond acceptors (Lipinski definition) is 1. The predicted octanol–water partition coefficient (Wildman–Crippen LogP) is 2.32. The van der Waals surface area contributed by atoms with E-state index in [0.717, 1.165) is 5.82 Å². The molecule has 0 saturated heterocycles. The second-order valence-corrected chi connectivity index (χ2v) is 1.18. The highest BCUT2D eigenvalue weighted by Gasteiger charge is 1.78. The number of nitrogens with zero attached hydrogens (tertiary/aromatic N) is 1. The summed E-state index contributed by atoms with van der Waals surface area (Å²) in [6, 6.07) is 0. The van der Waals surface area contributed by atoms with Crippen molar-refractivity contribution in [2.45, 2.75) is 0 Å². The van der Waals surface area contributed by atoms with E-state index in [1.807, 2.05) is 0 Å². The normalized spacial score (nSPS) is 6.00. The van der Waals surface area contributed by atoms with Crippen molar-refractivity contribution in [3.05, 3.63) is 24.8 Å². The van der Waals surface area contributed by atoms with Crippen LogP contribution < -0.4 is 0 Å². The van der Waals surface area contributed by atoms with Gasteiger partial charge >= 0.3 is 0 Å². The monoisotopic (exact) mass is 202 g/mol. The second kappa shape index (κ2) is 8.82. The van der Waals surface area contributed by atoms with Gasteiger partial charge in [-0.25, -0.2) is 4.98 Å². The van der Waals surface area contributed by atoms with Crippen LogP contribution >= 0.6 is 37.2 Å². The number of nitrogens with one attached hydrogen (secondary N) is 1. The minimum absolute atomic E-state index is 0. The molecule has 1 aromatic rings. The lowest BCUT2D eigenvalue weighted by molar-refractivity contribution is 1.27. The molecule has 5 heteroatoms. The van der Waals surface area contributed by atoms with Crippen LogP contribution in [-0.2, 0) is 0 Å². The molecule has 0 spiro atoms. The van der Waals surface area contributed by atoms with Crippen molar-refractivity contribution in [1.82, 2.24) is 9.97 Å². The zero-order valence-electron chi connectivity index (χ0n) is 5.11. The molecule has 0 fully saturated rings. The largest absolute Gasteiger partial charge is 0.345 e. The first kappa shape index (κ1) is 16.4. The summed E-state index contributed by atoms with van der Waals surface area (Å²) in [5, 5.41) is 0. The Morgan fingerprint density at radius 1 is 1.40 bits per heavy atom. The molecule has 0 bridgehead atoms. The summed E-state index contributed by atoms with van der Waals surface area (Å²) in [5.74, 6) is 0.819. The molecule has 0 unspecified atom stereocenters. The molecule has 10 heavy (non-hydrogen) atoms. The van der Waals surface area contributed by atoms with Crippen LogP contribution in [0.4, 0.5) is 0 Å². The zero-order chi connectivity index (χ0) is 5.11. The van der Waals surface area contributed by atoms with Gasteiger partial charge in [-0.05, 0) is 6.08 Å². The number of imidazole rings is 1. The summed E-state index contributed by atoms with van der Waals surface area (Å²) in [4.78, 5) is 6.72. The lowest BCUT2D eigenvalue weighted by Gasteiger charge is -1.73. The topological polar surface area (TPSA) is 28.7 Å². The van der Waals surface area contributed by atoms with E-state index in [2.05, 4.69) is 16.5 Å². The van der Waals surface area contributed by atoms with Gasteiger partial charge in [-0.15, -0.1) is 37.2 Å². The van der Waals surface area contributed by atoms with Gasteiger partial charge in [0, 0.05) is 12.4 Å². The Kier molecular flexibility index (Phi) is 14.5. The molecule has 0 aromatic carbocycles. The van der Waals surface area contributed by atoms with E-state index in [1.165, 1.54) is 0 Å². The van der Waals surface area contributed by atoms with Crippen molar-refractivity contribution in [1.29, 1.82) is 0 Å². The Morgan fingerprint density at radius 2 is 2.00 bits per heavy atom. The Labute approximate surface area is 78.4 Å². The van der Waals surface area contributed by atoms with E-state index in [1.54, 1.807) is 18.5 Å². The lowest BCUT2D eigenvalue weighted by Crippen LogP contribution is -1.67. The molecule has 0 aliphatic rings. The molecule has 0 amide bonds. The molecule has 1 rings (SSSR count).